The van der Waals surface area contributed by atoms with Gasteiger partial charge in [0, 0.05) is 22.5 Å². The highest BCUT2D eigenvalue weighted by atomic mass is 32.2. The van der Waals surface area contributed by atoms with Gasteiger partial charge in [0.2, 0.25) is 0 Å². The van der Waals surface area contributed by atoms with Gasteiger partial charge in [-0.25, -0.2) is 0 Å². The molecule has 70 valence electrons. The molecular weight excluding hydrogens is 180 g/mol. The highest BCUT2D eigenvalue weighted by Crippen LogP contribution is 2.27. The standard InChI is InChI=1S/C10H14N2S/c1-2-10(8-12-5-1)13-9-3-6-11-7-4-9/h1-2,5,8-9,11H,3-4,6-7H2. The molecule has 0 atom stereocenters. The van der Waals surface area contributed by atoms with Crippen molar-refractivity contribution in [3.05, 3.63) is 24.5 Å². The molecule has 1 aromatic rings. The van der Waals surface area contributed by atoms with Crippen LogP contribution in [0.2, 0.25) is 0 Å². The molecule has 1 N–H and O–H groups in total. The lowest BCUT2D eigenvalue weighted by Crippen LogP contribution is -2.29. The molecule has 0 amide bonds. The highest BCUT2D eigenvalue weighted by Gasteiger charge is 2.13. The number of nitrogens with one attached hydrogen (secondary N) is 1. The molecule has 1 saturated heterocycles. The van der Waals surface area contributed by atoms with Crippen molar-refractivity contribution in [3.8, 4) is 0 Å². The van der Waals surface area contributed by atoms with Crippen molar-refractivity contribution >= 4 is 11.8 Å². The Balaban J connectivity index is 1.90. The molecule has 13 heavy (non-hydrogen) atoms. The number of hydrogen-bond acceptors (Lipinski definition) is 3. The smallest absolute Gasteiger partial charge is 0.0403 e. The Morgan fingerprint density at radius 3 is 2.92 bits per heavy atom. The normalized spacial score (nSPS) is 18.8. The van der Waals surface area contributed by atoms with Crippen LogP contribution in [0.15, 0.2) is 29.4 Å². The first-order valence-corrected chi connectivity index (χ1v) is 5.60. The van der Waals surface area contributed by atoms with Crippen molar-refractivity contribution in [1.82, 2.24) is 10.3 Å². The first kappa shape index (κ1) is 9.03. The van der Waals surface area contributed by atoms with Crippen LogP contribution in [0.1, 0.15) is 12.8 Å². The molecular formula is C10H14N2S. The average molecular weight is 194 g/mol. The second-order valence-corrected chi connectivity index (χ2v) is 4.63. The van der Waals surface area contributed by atoms with Crippen LogP contribution >= 0.6 is 11.8 Å². The van der Waals surface area contributed by atoms with Crippen molar-refractivity contribution in [2.45, 2.75) is 23.0 Å². The van der Waals surface area contributed by atoms with Gasteiger partial charge in [-0.3, -0.25) is 4.98 Å². The van der Waals surface area contributed by atoms with Crippen LogP contribution in [0.4, 0.5) is 0 Å². The molecule has 0 spiro atoms. The van der Waals surface area contributed by atoms with Gasteiger partial charge in [0.25, 0.3) is 0 Å². The maximum Gasteiger partial charge on any atom is 0.0403 e. The number of rotatable bonds is 2. The molecule has 0 aromatic carbocycles. The molecule has 2 nitrogen and oxygen atoms in total. The lowest BCUT2D eigenvalue weighted by Gasteiger charge is -2.21. The molecule has 1 fully saturated rings. The number of nitrogens with zero attached hydrogens (tertiary/aromatic N) is 1. The van der Waals surface area contributed by atoms with Gasteiger partial charge in [0.1, 0.15) is 0 Å². The van der Waals surface area contributed by atoms with Gasteiger partial charge in [0.05, 0.1) is 0 Å². The Hall–Kier alpha value is -0.540. The summed E-state index contributed by atoms with van der Waals surface area (Å²) in [5, 5.41) is 4.15. The molecule has 1 aromatic heterocycles. The Morgan fingerprint density at radius 1 is 1.38 bits per heavy atom. The fraction of sp³-hybridized carbons (Fsp3) is 0.500. The van der Waals surface area contributed by atoms with Crippen LogP contribution in [0.5, 0.6) is 0 Å². The quantitative estimate of drug-likeness (QED) is 0.778. The number of aromatic nitrogens is 1. The summed E-state index contributed by atoms with van der Waals surface area (Å²) in [6, 6.07) is 4.14. The van der Waals surface area contributed by atoms with E-state index in [0.29, 0.717) is 0 Å². The van der Waals surface area contributed by atoms with E-state index in [9.17, 15) is 0 Å². The Bertz CT molecular complexity index is 244. The molecule has 2 rings (SSSR count). The van der Waals surface area contributed by atoms with Crippen molar-refractivity contribution in [2.75, 3.05) is 13.1 Å². The van der Waals surface area contributed by atoms with E-state index in [4.69, 9.17) is 0 Å². The molecule has 1 aliphatic heterocycles. The summed E-state index contributed by atoms with van der Waals surface area (Å²) < 4.78 is 0. The number of thioether (sulfide) groups is 1. The fourth-order valence-electron chi connectivity index (χ4n) is 1.52. The summed E-state index contributed by atoms with van der Waals surface area (Å²) in [5.74, 6) is 0. The van der Waals surface area contributed by atoms with Gasteiger partial charge in [-0.2, -0.15) is 0 Å². The summed E-state index contributed by atoms with van der Waals surface area (Å²) in [4.78, 5) is 5.41. The second kappa shape index (κ2) is 4.63. The summed E-state index contributed by atoms with van der Waals surface area (Å²) in [6.45, 7) is 2.33. The maximum absolute atomic E-state index is 4.11. The zero-order valence-corrected chi connectivity index (χ0v) is 8.39. The van der Waals surface area contributed by atoms with E-state index in [0.717, 1.165) is 18.3 Å². The SMILES string of the molecule is c1cncc(SC2CCNCC2)c1. The minimum atomic E-state index is 0.783. The van der Waals surface area contributed by atoms with Gasteiger partial charge < -0.3 is 5.32 Å². The molecule has 0 radical (unpaired) electrons. The molecule has 0 saturated carbocycles. The number of hydrogen-bond donors (Lipinski definition) is 1. The third-order valence-electron chi connectivity index (χ3n) is 2.22. The summed E-state index contributed by atoms with van der Waals surface area (Å²) in [5.41, 5.74) is 0. The number of piperidine rings is 1. The fourth-order valence-corrected chi connectivity index (χ4v) is 2.66. The summed E-state index contributed by atoms with van der Waals surface area (Å²) >= 11 is 1.96. The minimum absolute atomic E-state index is 0.783. The molecule has 3 heteroatoms. The van der Waals surface area contributed by atoms with Gasteiger partial charge in [0.15, 0.2) is 0 Å². The Morgan fingerprint density at radius 2 is 2.23 bits per heavy atom. The zero-order valence-electron chi connectivity index (χ0n) is 7.57. The second-order valence-electron chi connectivity index (χ2n) is 3.26. The van der Waals surface area contributed by atoms with Crippen molar-refractivity contribution < 1.29 is 0 Å². The zero-order chi connectivity index (χ0) is 8.93. The highest BCUT2D eigenvalue weighted by molar-refractivity contribution is 8.00. The van der Waals surface area contributed by atoms with Crippen molar-refractivity contribution in [1.29, 1.82) is 0 Å². The third-order valence-corrected chi connectivity index (χ3v) is 3.54. The third kappa shape index (κ3) is 2.71. The van der Waals surface area contributed by atoms with E-state index < -0.39 is 0 Å². The van der Waals surface area contributed by atoms with Crippen molar-refractivity contribution in [2.24, 2.45) is 0 Å². The largest absolute Gasteiger partial charge is 0.317 e. The van der Waals surface area contributed by atoms with Crippen LogP contribution < -0.4 is 5.32 Å². The predicted octanol–water partition coefficient (Wildman–Crippen LogP) is 1.93. The van der Waals surface area contributed by atoms with E-state index in [-0.39, 0.29) is 0 Å². The van der Waals surface area contributed by atoms with Crippen molar-refractivity contribution in [3.63, 3.8) is 0 Å². The summed E-state index contributed by atoms with van der Waals surface area (Å²) in [7, 11) is 0. The molecule has 1 aliphatic rings. The average Bonchev–Trinajstić information content (AvgIpc) is 2.21. The monoisotopic (exact) mass is 194 g/mol. The van der Waals surface area contributed by atoms with E-state index in [1.165, 1.54) is 17.7 Å². The van der Waals surface area contributed by atoms with Gasteiger partial charge >= 0.3 is 0 Å². The summed E-state index contributed by atoms with van der Waals surface area (Å²) in [6.07, 6.45) is 6.33. The predicted molar refractivity (Wildman–Crippen MR) is 56.0 cm³/mol. The maximum atomic E-state index is 4.11. The molecule has 0 unspecified atom stereocenters. The van der Waals surface area contributed by atoms with Gasteiger partial charge in [-0.05, 0) is 38.1 Å². The van der Waals surface area contributed by atoms with E-state index in [1.54, 1.807) is 0 Å². The topological polar surface area (TPSA) is 24.9 Å². The first-order valence-electron chi connectivity index (χ1n) is 4.72. The van der Waals surface area contributed by atoms with E-state index in [1.807, 2.05) is 30.2 Å². The molecule has 2 heterocycles. The number of pyridine rings is 1. The van der Waals surface area contributed by atoms with E-state index >= 15 is 0 Å². The Labute approximate surface area is 83.1 Å². The van der Waals surface area contributed by atoms with Crippen LogP contribution in [-0.2, 0) is 0 Å². The van der Waals surface area contributed by atoms with E-state index in [2.05, 4.69) is 16.4 Å². The molecule has 0 aliphatic carbocycles. The van der Waals surface area contributed by atoms with Crippen LogP contribution in [-0.4, -0.2) is 23.3 Å². The molecule has 0 bridgehead atoms. The minimum Gasteiger partial charge on any atom is -0.317 e. The lowest BCUT2D eigenvalue weighted by molar-refractivity contribution is 0.531. The van der Waals surface area contributed by atoms with Gasteiger partial charge in [-0.15, -0.1) is 11.8 Å². The van der Waals surface area contributed by atoms with Crippen LogP contribution in [0.25, 0.3) is 0 Å². The van der Waals surface area contributed by atoms with Crippen LogP contribution in [0, 0.1) is 0 Å². The van der Waals surface area contributed by atoms with Gasteiger partial charge in [-0.1, -0.05) is 0 Å². The Kier molecular flexibility index (Phi) is 3.22. The van der Waals surface area contributed by atoms with Crippen LogP contribution in [0.3, 0.4) is 0 Å². The lowest BCUT2D eigenvalue weighted by atomic mass is 10.2. The first-order chi connectivity index (χ1) is 6.45.